The lowest BCUT2D eigenvalue weighted by atomic mass is 10.1. The first kappa shape index (κ1) is 15.3. The maximum atomic E-state index is 12.9. The number of halogens is 3. The molecular formula is C15H13F3N4O. The van der Waals surface area contributed by atoms with Crippen LogP contribution in [-0.4, -0.2) is 18.8 Å². The van der Waals surface area contributed by atoms with Crippen molar-refractivity contribution in [1.29, 1.82) is 0 Å². The van der Waals surface area contributed by atoms with E-state index in [9.17, 15) is 13.2 Å². The van der Waals surface area contributed by atoms with Crippen molar-refractivity contribution in [1.82, 2.24) is 4.98 Å². The van der Waals surface area contributed by atoms with E-state index in [0.29, 0.717) is 27.8 Å². The Morgan fingerprint density at radius 3 is 2.61 bits per heavy atom. The van der Waals surface area contributed by atoms with Gasteiger partial charge in [-0.2, -0.15) is 18.2 Å². The molecule has 0 bridgehead atoms. The zero-order valence-electron chi connectivity index (χ0n) is 12.4. The third-order valence-corrected chi connectivity index (χ3v) is 3.29. The fourth-order valence-electron chi connectivity index (χ4n) is 2.31. The molecule has 1 N–H and O–H groups in total. The molecule has 0 amide bonds. The molecule has 0 saturated heterocycles. The lowest BCUT2D eigenvalue weighted by Gasteiger charge is -2.13. The Hall–Kier alpha value is -2.64. The molecule has 2 heterocycles. The Labute approximate surface area is 129 Å². The van der Waals surface area contributed by atoms with Gasteiger partial charge in [0.2, 0.25) is 5.88 Å². The van der Waals surface area contributed by atoms with Gasteiger partial charge in [0.05, 0.1) is 12.7 Å². The highest BCUT2D eigenvalue weighted by Gasteiger charge is 2.31. The zero-order valence-corrected chi connectivity index (χ0v) is 12.4. The smallest absolute Gasteiger partial charge is 0.416 e. The Morgan fingerprint density at radius 1 is 1.13 bits per heavy atom. The van der Waals surface area contributed by atoms with Crippen LogP contribution in [-0.2, 0) is 6.18 Å². The van der Waals surface area contributed by atoms with Crippen molar-refractivity contribution in [3.8, 4) is 5.88 Å². The summed E-state index contributed by atoms with van der Waals surface area (Å²) in [5.41, 5.74) is 0.980. The minimum Gasteiger partial charge on any atom is -0.479 e. The number of methoxy groups -OCH3 is 1. The molecule has 0 radical (unpaired) electrons. The highest BCUT2D eigenvalue weighted by atomic mass is 19.4. The van der Waals surface area contributed by atoms with Crippen molar-refractivity contribution in [2.75, 3.05) is 19.1 Å². The number of alkyl halides is 3. The van der Waals surface area contributed by atoms with E-state index in [0.717, 1.165) is 12.1 Å². The van der Waals surface area contributed by atoms with Gasteiger partial charge in [0.25, 0.3) is 0 Å². The van der Waals surface area contributed by atoms with Crippen LogP contribution >= 0.6 is 0 Å². The molecule has 120 valence electrons. The predicted octanol–water partition coefficient (Wildman–Crippen LogP) is 2.37. The number of benzene rings is 1. The summed E-state index contributed by atoms with van der Waals surface area (Å²) in [5.74, 6) is 0.250. The van der Waals surface area contributed by atoms with Gasteiger partial charge in [-0.3, -0.25) is 4.99 Å². The van der Waals surface area contributed by atoms with Crippen LogP contribution in [0.2, 0.25) is 0 Å². The van der Waals surface area contributed by atoms with Gasteiger partial charge in [-0.25, -0.2) is 4.99 Å². The van der Waals surface area contributed by atoms with Gasteiger partial charge in [-0.15, -0.1) is 0 Å². The van der Waals surface area contributed by atoms with Crippen molar-refractivity contribution in [3.05, 3.63) is 46.2 Å². The van der Waals surface area contributed by atoms with E-state index >= 15 is 0 Å². The van der Waals surface area contributed by atoms with Crippen molar-refractivity contribution in [3.63, 3.8) is 0 Å². The zero-order chi connectivity index (χ0) is 16.6. The average Bonchev–Trinajstić information content (AvgIpc) is 2.92. The molecule has 8 heteroatoms. The number of hydrogen-bond acceptors (Lipinski definition) is 5. The van der Waals surface area contributed by atoms with Crippen LogP contribution < -0.4 is 20.9 Å². The first-order valence-electron chi connectivity index (χ1n) is 6.77. The van der Waals surface area contributed by atoms with Gasteiger partial charge in [0, 0.05) is 5.69 Å². The topological polar surface area (TPSA) is 58.9 Å². The van der Waals surface area contributed by atoms with Crippen molar-refractivity contribution in [2.45, 2.75) is 13.1 Å². The normalized spacial score (nSPS) is 13.1. The van der Waals surface area contributed by atoms with Crippen LogP contribution in [0.15, 0.2) is 34.3 Å². The summed E-state index contributed by atoms with van der Waals surface area (Å²) < 4.78 is 43.9. The number of pyridine rings is 1. The van der Waals surface area contributed by atoms with Crippen LogP contribution in [0.25, 0.3) is 0 Å². The number of rotatable bonds is 3. The SMILES string of the molecule is COc1nc2c(cc1Nc1cc(C)cc(C(F)(F)F)c1)=NCN=2. The molecule has 2 aromatic rings. The lowest BCUT2D eigenvalue weighted by Crippen LogP contribution is -2.26. The lowest BCUT2D eigenvalue weighted by molar-refractivity contribution is -0.137. The Bertz CT molecular complexity index is 878. The minimum atomic E-state index is -4.41. The molecule has 1 aliphatic rings. The summed E-state index contributed by atoms with van der Waals surface area (Å²) in [5, 5.41) is 3.50. The molecule has 0 saturated carbocycles. The number of aryl methyl sites for hydroxylation is 1. The average molecular weight is 322 g/mol. The molecule has 5 nitrogen and oxygen atoms in total. The molecule has 1 aromatic carbocycles. The van der Waals surface area contributed by atoms with E-state index in [4.69, 9.17) is 4.74 Å². The highest BCUT2D eigenvalue weighted by Crippen LogP contribution is 2.33. The Morgan fingerprint density at radius 2 is 1.91 bits per heavy atom. The van der Waals surface area contributed by atoms with Crippen LogP contribution in [0.4, 0.5) is 24.5 Å². The molecule has 1 aliphatic heterocycles. The van der Waals surface area contributed by atoms with E-state index in [2.05, 4.69) is 20.3 Å². The summed E-state index contributed by atoms with van der Waals surface area (Å²) >= 11 is 0. The van der Waals surface area contributed by atoms with Gasteiger partial charge >= 0.3 is 6.18 Å². The number of anilines is 2. The Balaban J connectivity index is 2.03. The van der Waals surface area contributed by atoms with Crippen molar-refractivity contribution < 1.29 is 17.9 Å². The maximum absolute atomic E-state index is 12.9. The second kappa shape index (κ2) is 5.53. The van der Waals surface area contributed by atoms with Gasteiger partial charge in [-0.1, -0.05) is 0 Å². The summed E-state index contributed by atoms with van der Waals surface area (Å²) in [7, 11) is 1.43. The molecule has 0 spiro atoms. The molecule has 23 heavy (non-hydrogen) atoms. The molecule has 3 rings (SSSR count). The highest BCUT2D eigenvalue weighted by molar-refractivity contribution is 5.65. The number of aromatic nitrogens is 1. The second-order valence-corrected chi connectivity index (χ2v) is 5.06. The molecule has 0 aliphatic carbocycles. The number of nitrogens with zero attached hydrogens (tertiary/aromatic N) is 3. The van der Waals surface area contributed by atoms with Gasteiger partial charge in [0.15, 0.2) is 5.49 Å². The summed E-state index contributed by atoms with van der Waals surface area (Å²) in [4.78, 5) is 12.4. The van der Waals surface area contributed by atoms with E-state index in [1.807, 2.05) is 0 Å². The molecule has 0 fully saturated rings. The largest absolute Gasteiger partial charge is 0.479 e. The first-order valence-corrected chi connectivity index (χ1v) is 6.77. The predicted molar refractivity (Wildman–Crippen MR) is 77.4 cm³/mol. The molecule has 0 unspecified atom stereocenters. The molecule has 1 aromatic heterocycles. The van der Waals surface area contributed by atoms with Gasteiger partial charge in [-0.05, 0) is 36.8 Å². The van der Waals surface area contributed by atoms with Gasteiger partial charge in [0.1, 0.15) is 17.7 Å². The fraction of sp³-hybridized carbons (Fsp3) is 0.267. The first-order chi connectivity index (χ1) is 10.9. The number of hydrogen-bond donors (Lipinski definition) is 1. The number of fused-ring (bicyclic) bond motifs is 1. The van der Waals surface area contributed by atoms with E-state index in [1.54, 1.807) is 19.1 Å². The summed E-state index contributed by atoms with van der Waals surface area (Å²) in [6, 6.07) is 5.41. The van der Waals surface area contributed by atoms with E-state index in [1.165, 1.54) is 7.11 Å². The van der Waals surface area contributed by atoms with E-state index < -0.39 is 11.7 Å². The van der Waals surface area contributed by atoms with Crippen LogP contribution in [0.3, 0.4) is 0 Å². The van der Waals surface area contributed by atoms with Gasteiger partial charge < -0.3 is 10.1 Å². The van der Waals surface area contributed by atoms with Crippen LogP contribution in [0, 0.1) is 6.92 Å². The Kier molecular flexibility index (Phi) is 3.67. The monoisotopic (exact) mass is 322 g/mol. The fourth-order valence-corrected chi connectivity index (χ4v) is 2.31. The number of ether oxygens (including phenoxy) is 1. The van der Waals surface area contributed by atoms with Crippen LogP contribution in [0.5, 0.6) is 5.88 Å². The third-order valence-electron chi connectivity index (χ3n) is 3.29. The second-order valence-electron chi connectivity index (χ2n) is 5.06. The van der Waals surface area contributed by atoms with Crippen molar-refractivity contribution >= 4 is 11.4 Å². The molecular weight excluding hydrogens is 309 g/mol. The van der Waals surface area contributed by atoms with Crippen LogP contribution in [0.1, 0.15) is 11.1 Å². The summed E-state index contributed by atoms with van der Waals surface area (Å²) in [6.45, 7) is 1.89. The standard InChI is InChI=1S/C15H13F3N4O/c1-8-3-9(15(16,17)18)5-10(4-8)21-12-6-11-13(20-7-19-11)22-14(12)23-2/h3-6,21H,7H2,1-2H3. The number of nitrogens with one attached hydrogen (secondary N) is 1. The van der Waals surface area contributed by atoms with Crippen molar-refractivity contribution in [2.24, 2.45) is 9.98 Å². The quantitative estimate of drug-likeness (QED) is 0.944. The maximum Gasteiger partial charge on any atom is 0.416 e. The molecule has 0 atom stereocenters. The van der Waals surface area contributed by atoms with E-state index in [-0.39, 0.29) is 12.5 Å². The summed E-state index contributed by atoms with van der Waals surface area (Å²) in [6.07, 6.45) is -4.41. The third kappa shape index (κ3) is 3.10. The minimum absolute atomic E-state index is 0.250.